The van der Waals surface area contributed by atoms with Gasteiger partial charge in [-0.15, -0.1) is 0 Å². The van der Waals surface area contributed by atoms with Gasteiger partial charge in [0.05, 0.1) is 22.5 Å². The number of amides is 3. The van der Waals surface area contributed by atoms with Gasteiger partial charge in [-0.05, 0) is 42.5 Å². The maximum absolute atomic E-state index is 12.9. The summed E-state index contributed by atoms with van der Waals surface area (Å²) < 4.78 is 17.8. The van der Waals surface area contributed by atoms with Gasteiger partial charge in [0, 0.05) is 17.7 Å². The second-order valence-electron chi connectivity index (χ2n) is 6.64. The molecule has 0 unspecified atom stereocenters. The lowest BCUT2D eigenvalue weighted by molar-refractivity contribution is -0.151. The van der Waals surface area contributed by atoms with Crippen molar-refractivity contribution in [3.8, 4) is 0 Å². The van der Waals surface area contributed by atoms with Crippen LogP contribution in [0.25, 0.3) is 0 Å². The number of nitrogens with one attached hydrogen (secondary N) is 2. The molecule has 11 heteroatoms. The number of rotatable bonds is 6. The Morgan fingerprint density at radius 1 is 1.10 bits per heavy atom. The minimum atomic E-state index is -0.847. The maximum Gasteiger partial charge on any atom is 0.311 e. The predicted octanol–water partition coefficient (Wildman–Crippen LogP) is 2.81. The summed E-state index contributed by atoms with van der Waals surface area (Å²) in [5.41, 5.74) is 2.93. The number of hydrogen-bond acceptors (Lipinski definition) is 5. The lowest BCUT2D eigenvalue weighted by Crippen LogP contribution is -2.43. The van der Waals surface area contributed by atoms with Gasteiger partial charge in [-0.2, -0.15) is 0 Å². The first-order valence-electron chi connectivity index (χ1n) is 9.01. The second kappa shape index (κ2) is 9.76. The van der Waals surface area contributed by atoms with Crippen molar-refractivity contribution in [1.82, 2.24) is 10.4 Å². The third kappa shape index (κ3) is 5.93. The number of carbonyl (C=O) groups excluding carboxylic acids is 4. The van der Waals surface area contributed by atoms with Gasteiger partial charge in [-0.25, -0.2) is 4.39 Å². The van der Waals surface area contributed by atoms with Crippen molar-refractivity contribution in [2.24, 2.45) is 5.92 Å². The van der Waals surface area contributed by atoms with Crippen LogP contribution >= 0.6 is 23.2 Å². The van der Waals surface area contributed by atoms with Crippen molar-refractivity contribution in [3.05, 3.63) is 63.9 Å². The zero-order valence-corrected chi connectivity index (χ0v) is 17.4. The predicted molar refractivity (Wildman–Crippen MR) is 110 cm³/mol. The minimum Gasteiger partial charge on any atom is -0.455 e. The van der Waals surface area contributed by atoms with Gasteiger partial charge >= 0.3 is 5.97 Å². The van der Waals surface area contributed by atoms with Crippen LogP contribution < -0.4 is 10.7 Å². The van der Waals surface area contributed by atoms with Gasteiger partial charge in [-0.3, -0.25) is 29.6 Å². The highest BCUT2D eigenvalue weighted by molar-refractivity contribution is 6.42. The molecule has 0 aliphatic carbocycles. The Balaban J connectivity index is 1.49. The second-order valence-corrected chi connectivity index (χ2v) is 7.45. The molecule has 0 bridgehead atoms. The number of esters is 1. The van der Waals surface area contributed by atoms with Crippen LogP contribution in [0.2, 0.25) is 10.0 Å². The van der Waals surface area contributed by atoms with Crippen molar-refractivity contribution < 1.29 is 28.3 Å². The molecule has 2 aromatic rings. The van der Waals surface area contributed by atoms with Crippen LogP contribution in [0.1, 0.15) is 16.8 Å². The van der Waals surface area contributed by atoms with Crippen molar-refractivity contribution in [3.63, 3.8) is 0 Å². The molecule has 3 amide bonds. The van der Waals surface area contributed by atoms with E-state index in [1.54, 1.807) is 0 Å². The van der Waals surface area contributed by atoms with E-state index in [2.05, 4.69) is 10.7 Å². The minimum absolute atomic E-state index is 0.107. The fraction of sp³-hybridized carbons (Fsp3) is 0.200. The SMILES string of the molecule is O=C(COC(=O)[C@H]1CC(=O)N(NC(=O)c2ccc(Cl)c(Cl)c2)C1)Nc1ccc(F)cc1. The third-order valence-electron chi connectivity index (χ3n) is 4.35. The summed E-state index contributed by atoms with van der Waals surface area (Å²) in [6.07, 6.45) is -0.180. The Morgan fingerprint density at radius 2 is 1.81 bits per heavy atom. The van der Waals surface area contributed by atoms with Gasteiger partial charge in [-0.1, -0.05) is 23.2 Å². The molecule has 0 spiro atoms. The van der Waals surface area contributed by atoms with E-state index < -0.39 is 42.0 Å². The van der Waals surface area contributed by atoms with Gasteiger partial charge in [0.15, 0.2) is 6.61 Å². The number of carbonyl (C=O) groups is 4. The molecule has 1 aliphatic rings. The highest BCUT2D eigenvalue weighted by Crippen LogP contribution is 2.23. The van der Waals surface area contributed by atoms with Crippen molar-refractivity contribution in [1.29, 1.82) is 0 Å². The summed E-state index contributed by atoms with van der Waals surface area (Å²) in [4.78, 5) is 48.5. The Hall–Kier alpha value is -3.17. The summed E-state index contributed by atoms with van der Waals surface area (Å²) in [7, 11) is 0. The fourth-order valence-corrected chi connectivity index (χ4v) is 3.08. The Labute approximate surface area is 186 Å². The standard InChI is InChI=1S/C20H16Cl2FN3O5/c21-15-6-1-11(7-16(15)22)19(29)25-26-9-12(8-18(26)28)20(30)31-10-17(27)24-14-4-2-13(23)3-5-14/h1-7,12H,8-10H2,(H,24,27)(H,25,29)/t12-/m0/s1. The van der Waals surface area contributed by atoms with Crippen LogP contribution in [-0.4, -0.2) is 41.9 Å². The first-order chi connectivity index (χ1) is 14.7. The lowest BCUT2D eigenvalue weighted by Gasteiger charge is -2.17. The van der Waals surface area contributed by atoms with Crippen LogP contribution in [0, 0.1) is 11.7 Å². The monoisotopic (exact) mass is 467 g/mol. The zero-order chi connectivity index (χ0) is 22.5. The van der Waals surface area contributed by atoms with Crippen LogP contribution in [0.5, 0.6) is 0 Å². The number of hydrogen-bond donors (Lipinski definition) is 2. The van der Waals surface area contributed by atoms with E-state index in [1.165, 1.54) is 42.5 Å². The molecule has 162 valence electrons. The first-order valence-corrected chi connectivity index (χ1v) is 9.77. The molecule has 2 N–H and O–H groups in total. The molecule has 0 radical (unpaired) electrons. The number of benzene rings is 2. The highest BCUT2D eigenvalue weighted by atomic mass is 35.5. The van der Waals surface area contributed by atoms with Crippen LogP contribution in [0.3, 0.4) is 0 Å². The summed E-state index contributed by atoms with van der Waals surface area (Å²) in [5, 5.41) is 3.92. The first kappa shape index (κ1) is 22.5. The topological polar surface area (TPSA) is 105 Å². The van der Waals surface area contributed by atoms with E-state index in [-0.39, 0.29) is 28.6 Å². The van der Waals surface area contributed by atoms with Crippen molar-refractivity contribution in [2.45, 2.75) is 6.42 Å². The van der Waals surface area contributed by atoms with Crippen molar-refractivity contribution >= 4 is 52.6 Å². The van der Waals surface area contributed by atoms with Gasteiger partial charge in [0.25, 0.3) is 11.8 Å². The molecule has 8 nitrogen and oxygen atoms in total. The number of halogens is 3. The Morgan fingerprint density at radius 3 is 2.48 bits per heavy atom. The number of hydrazine groups is 1. The summed E-state index contributed by atoms with van der Waals surface area (Å²) >= 11 is 11.7. The number of ether oxygens (including phenoxy) is 1. The Bertz CT molecular complexity index is 1030. The molecule has 1 atom stereocenters. The quantitative estimate of drug-likeness (QED) is 0.635. The summed E-state index contributed by atoms with van der Waals surface area (Å²) in [6.45, 7) is -0.680. The van der Waals surface area contributed by atoms with Crippen LogP contribution in [-0.2, 0) is 19.1 Å². The van der Waals surface area contributed by atoms with Crippen molar-refractivity contribution in [2.75, 3.05) is 18.5 Å². The van der Waals surface area contributed by atoms with Gasteiger partial charge in [0.1, 0.15) is 5.82 Å². The van der Waals surface area contributed by atoms with E-state index in [1.807, 2.05) is 0 Å². The third-order valence-corrected chi connectivity index (χ3v) is 5.09. The Kier molecular flexibility index (Phi) is 7.09. The molecule has 2 aromatic carbocycles. The molecule has 0 saturated carbocycles. The van der Waals surface area contributed by atoms with Gasteiger partial charge < -0.3 is 10.1 Å². The average molecular weight is 468 g/mol. The van der Waals surface area contributed by atoms with E-state index in [0.717, 1.165) is 5.01 Å². The highest BCUT2D eigenvalue weighted by Gasteiger charge is 2.36. The van der Waals surface area contributed by atoms with E-state index >= 15 is 0 Å². The fourth-order valence-electron chi connectivity index (χ4n) is 2.78. The normalized spacial score (nSPS) is 15.5. The van der Waals surface area contributed by atoms with Gasteiger partial charge in [0.2, 0.25) is 5.91 Å². The smallest absolute Gasteiger partial charge is 0.311 e. The molecular formula is C20H16Cl2FN3O5. The summed E-state index contributed by atoms with van der Waals surface area (Å²) in [5.74, 6) is -3.75. The molecule has 1 heterocycles. The molecule has 3 rings (SSSR count). The maximum atomic E-state index is 12.9. The zero-order valence-electron chi connectivity index (χ0n) is 15.9. The van der Waals surface area contributed by atoms with E-state index in [4.69, 9.17) is 27.9 Å². The van der Waals surface area contributed by atoms with Crippen LogP contribution in [0.4, 0.5) is 10.1 Å². The number of anilines is 1. The lowest BCUT2D eigenvalue weighted by atomic mass is 10.1. The van der Waals surface area contributed by atoms with Crippen LogP contribution in [0.15, 0.2) is 42.5 Å². The molecular weight excluding hydrogens is 452 g/mol. The van der Waals surface area contributed by atoms with E-state index in [0.29, 0.717) is 5.69 Å². The molecule has 1 aliphatic heterocycles. The number of nitrogens with zero attached hydrogens (tertiary/aromatic N) is 1. The molecule has 1 fully saturated rings. The largest absolute Gasteiger partial charge is 0.455 e. The molecule has 1 saturated heterocycles. The molecule has 0 aromatic heterocycles. The summed E-state index contributed by atoms with van der Waals surface area (Å²) in [6, 6.07) is 9.31. The average Bonchev–Trinajstić information content (AvgIpc) is 3.10. The molecule has 31 heavy (non-hydrogen) atoms. The van der Waals surface area contributed by atoms with E-state index in [9.17, 15) is 23.6 Å².